The lowest BCUT2D eigenvalue weighted by molar-refractivity contribution is -0.154. The Labute approximate surface area is 236 Å². The minimum atomic E-state index is -1.25. The molecule has 0 bridgehead atoms. The second-order valence-electron chi connectivity index (χ2n) is 11.6. The van der Waals surface area contributed by atoms with E-state index in [9.17, 15) is 19.8 Å². The van der Waals surface area contributed by atoms with Gasteiger partial charge in [-0.1, -0.05) is 39.3 Å². The molecular weight excluding hydrogens is 518 g/mol. The number of rotatable bonds is 4. The van der Waals surface area contributed by atoms with E-state index in [0.29, 0.717) is 26.1 Å². The monoisotopic (exact) mass is 563 g/mol. The van der Waals surface area contributed by atoms with E-state index in [1.165, 1.54) is 0 Å². The van der Waals surface area contributed by atoms with Gasteiger partial charge in [-0.3, -0.25) is 9.59 Å². The Hall–Kier alpha value is -1.91. The summed E-state index contributed by atoms with van der Waals surface area (Å²) < 4.78 is 17.3. The molecule has 0 aliphatic carbocycles. The van der Waals surface area contributed by atoms with Crippen molar-refractivity contribution in [3.8, 4) is 0 Å². The molecule has 1 fully saturated rings. The van der Waals surface area contributed by atoms with Crippen molar-refractivity contribution >= 4 is 29.2 Å². The van der Waals surface area contributed by atoms with Crippen LogP contribution in [0.5, 0.6) is 0 Å². The minimum absolute atomic E-state index is 0.102. The summed E-state index contributed by atoms with van der Waals surface area (Å²) in [7, 11) is 0. The summed E-state index contributed by atoms with van der Waals surface area (Å²) in [5.41, 5.74) is 1.57. The van der Waals surface area contributed by atoms with Crippen molar-refractivity contribution in [1.29, 1.82) is 0 Å². The van der Waals surface area contributed by atoms with Crippen LogP contribution in [0.3, 0.4) is 0 Å². The lowest BCUT2D eigenvalue weighted by Gasteiger charge is -2.34. The van der Waals surface area contributed by atoms with Gasteiger partial charge in [-0.25, -0.2) is 4.98 Å². The minimum Gasteiger partial charge on any atom is -0.457 e. The number of hydrogen-bond donors (Lipinski definition) is 2. The van der Waals surface area contributed by atoms with Gasteiger partial charge in [-0.15, -0.1) is 11.3 Å². The molecule has 0 amide bonds. The van der Waals surface area contributed by atoms with Gasteiger partial charge in [-0.2, -0.15) is 0 Å². The third-order valence-electron chi connectivity index (χ3n) is 8.03. The molecule has 3 unspecified atom stereocenters. The number of hydrogen-bond acceptors (Lipinski definition) is 9. The summed E-state index contributed by atoms with van der Waals surface area (Å²) in [6.45, 7) is 11.9. The van der Waals surface area contributed by atoms with Gasteiger partial charge < -0.3 is 24.4 Å². The van der Waals surface area contributed by atoms with Crippen molar-refractivity contribution < 1.29 is 34.0 Å². The number of ether oxygens (including phenoxy) is 3. The summed E-state index contributed by atoms with van der Waals surface area (Å²) in [4.78, 5) is 30.9. The van der Waals surface area contributed by atoms with Gasteiger partial charge in [0.25, 0.3) is 0 Å². The Morgan fingerprint density at radius 3 is 2.54 bits per heavy atom. The highest BCUT2D eigenvalue weighted by atomic mass is 32.1. The first kappa shape index (κ1) is 31.6. The Morgan fingerprint density at radius 2 is 1.90 bits per heavy atom. The van der Waals surface area contributed by atoms with Gasteiger partial charge in [0.1, 0.15) is 11.9 Å². The number of Topliss-reactive ketones (excluding diaryl/α,β-unsaturated/α-hetero) is 1. The van der Waals surface area contributed by atoms with Crippen LogP contribution in [0.4, 0.5) is 0 Å². The van der Waals surface area contributed by atoms with Crippen LogP contribution in [0.15, 0.2) is 22.6 Å². The third-order valence-corrected chi connectivity index (χ3v) is 8.82. The molecule has 0 spiro atoms. The molecule has 5 atom stereocenters. The van der Waals surface area contributed by atoms with Crippen molar-refractivity contribution in [1.82, 2.24) is 4.98 Å². The maximum atomic E-state index is 13.3. The summed E-state index contributed by atoms with van der Waals surface area (Å²) >= 11 is 1.55. The molecule has 9 heteroatoms. The molecule has 1 aromatic heterocycles. The molecule has 3 heterocycles. The first-order valence-corrected chi connectivity index (χ1v) is 14.9. The molecule has 39 heavy (non-hydrogen) atoms. The fourth-order valence-corrected chi connectivity index (χ4v) is 5.81. The highest BCUT2D eigenvalue weighted by molar-refractivity contribution is 7.09. The van der Waals surface area contributed by atoms with Crippen LogP contribution in [0.2, 0.25) is 0 Å². The van der Waals surface area contributed by atoms with Crippen molar-refractivity contribution in [2.24, 2.45) is 17.3 Å². The van der Waals surface area contributed by atoms with Crippen molar-refractivity contribution in [3.63, 3.8) is 0 Å². The lowest BCUT2D eigenvalue weighted by atomic mass is 9.73. The Balaban J connectivity index is 1.91. The van der Waals surface area contributed by atoms with Crippen molar-refractivity contribution in [2.75, 3.05) is 13.2 Å². The Bertz CT molecular complexity index is 1040. The van der Waals surface area contributed by atoms with E-state index in [1.807, 2.05) is 32.2 Å². The number of aliphatic hydroxyl groups excluding tert-OH is 2. The molecule has 1 aromatic rings. The van der Waals surface area contributed by atoms with E-state index < -0.39 is 35.6 Å². The number of esters is 1. The number of aliphatic hydroxyl groups is 2. The van der Waals surface area contributed by atoms with E-state index >= 15 is 0 Å². The van der Waals surface area contributed by atoms with Crippen molar-refractivity contribution in [3.05, 3.63) is 33.3 Å². The lowest BCUT2D eigenvalue weighted by Crippen LogP contribution is -2.45. The maximum Gasteiger partial charge on any atom is 0.309 e. The zero-order chi connectivity index (χ0) is 28.7. The highest BCUT2D eigenvalue weighted by Crippen LogP contribution is 2.33. The summed E-state index contributed by atoms with van der Waals surface area (Å²) in [6, 6.07) is 0. The van der Waals surface area contributed by atoms with Crippen LogP contribution in [-0.2, 0) is 23.8 Å². The molecule has 1 saturated heterocycles. The molecular formula is C30H45NO7S. The zero-order valence-electron chi connectivity index (χ0n) is 24.1. The van der Waals surface area contributed by atoms with E-state index in [4.69, 9.17) is 14.2 Å². The predicted molar refractivity (Wildman–Crippen MR) is 151 cm³/mol. The second-order valence-corrected chi connectivity index (χ2v) is 12.6. The topological polar surface area (TPSA) is 115 Å². The van der Waals surface area contributed by atoms with Crippen LogP contribution >= 0.6 is 11.3 Å². The molecule has 218 valence electrons. The van der Waals surface area contributed by atoms with Crippen molar-refractivity contribution in [2.45, 2.75) is 105 Å². The van der Waals surface area contributed by atoms with Gasteiger partial charge in [0.15, 0.2) is 6.29 Å². The largest absolute Gasteiger partial charge is 0.457 e. The standard InChI is InChI=1S/C30H45NO7S/c1-18-8-7-9-22(15-27-36-12-13-37-27)10-11-24(19(2)14-23-17-39-21(4)31-23)38-26(33)16-25(32)30(5,6)29(35)20(3)28(18)34/h10,14,17-18,20,24-25,27-28,32,34H,7-9,11-13,15-16H2,1-6H3/b19-14+,22-10+/t18?,20?,24-,25?,28-/m0/s1. The Morgan fingerprint density at radius 1 is 1.21 bits per heavy atom. The SMILES string of the molecule is C/C(=C\c1csc(C)n1)[C@@H]1C/C=C(/CC2OCCO2)CCCC(C)[C@H](O)C(C)C(=O)C(C)(C)C(O)CC(=O)O1. The summed E-state index contributed by atoms with van der Waals surface area (Å²) in [6.07, 6.45) is 4.17. The molecule has 2 N–H and O–H groups in total. The second kappa shape index (κ2) is 14.1. The van der Waals surface area contributed by atoms with Gasteiger partial charge in [0.05, 0.1) is 48.0 Å². The van der Waals surface area contributed by atoms with Crippen LogP contribution in [0.1, 0.15) is 83.8 Å². The smallest absolute Gasteiger partial charge is 0.309 e. The highest BCUT2D eigenvalue weighted by Gasteiger charge is 2.42. The quantitative estimate of drug-likeness (QED) is 0.388. The maximum absolute atomic E-state index is 13.3. The normalized spacial score (nSPS) is 32.1. The number of nitrogens with zero attached hydrogens (tertiary/aromatic N) is 1. The van der Waals surface area contributed by atoms with Gasteiger partial charge in [0.2, 0.25) is 0 Å². The summed E-state index contributed by atoms with van der Waals surface area (Å²) in [5, 5.41) is 24.8. The van der Waals surface area contributed by atoms with Crippen LogP contribution in [-0.4, -0.2) is 64.8 Å². The number of cyclic esters (lactones) is 1. The zero-order valence-corrected chi connectivity index (χ0v) is 25.0. The fourth-order valence-electron chi connectivity index (χ4n) is 5.24. The van der Waals surface area contributed by atoms with E-state index in [2.05, 4.69) is 11.1 Å². The average molecular weight is 564 g/mol. The number of carbonyl (C=O) groups is 2. The molecule has 0 aromatic carbocycles. The average Bonchev–Trinajstić information content (AvgIpc) is 3.55. The first-order valence-electron chi connectivity index (χ1n) is 14.0. The van der Waals surface area contributed by atoms with Crippen LogP contribution in [0.25, 0.3) is 6.08 Å². The summed E-state index contributed by atoms with van der Waals surface area (Å²) in [5.74, 6) is -1.63. The molecule has 2 aliphatic rings. The third kappa shape index (κ3) is 8.79. The van der Waals surface area contributed by atoms with Crippen LogP contribution in [0, 0.1) is 24.2 Å². The van der Waals surface area contributed by atoms with Gasteiger partial charge in [-0.05, 0) is 50.7 Å². The number of carbonyl (C=O) groups excluding carboxylic acids is 2. The number of thiazole rings is 1. The fraction of sp³-hybridized carbons (Fsp3) is 0.700. The number of aromatic nitrogens is 1. The first-order chi connectivity index (χ1) is 18.4. The van der Waals surface area contributed by atoms with E-state index in [0.717, 1.165) is 41.1 Å². The van der Waals surface area contributed by atoms with E-state index in [-0.39, 0.29) is 24.4 Å². The Kier molecular flexibility index (Phi) is 11.5. The molecule has 0 saturated carbocycles. The van der Waals surface area contributed by atoms with Gasteiger partial charge >= 0.3 is 5.97 Å². The molecule has 2 aliphatic heterocycles. The molecule has 0 radical (unpaired) electrons. The molecule has 8 nitrogen and oxygen atoms in total. The van der Waals surface area contributed by atoms with Crippen LogP contribution < -0.4 is 0 Å². The number of ketones is 1. The van der Waals surface area contributed by atoms with E-state index in [1.54, 1.807) is 32.1 Å². The van der Waals surface area contributed by atoms with Gasteiger partial charge in [0, 0.05) is 24.1 Å². The molecule has 3 rings (SSSR count). The predicted octanol–water partition coefficient (Wildman–Crippen LogP) is 5.01. The number of aryl methyl sites for hydroxylation is 1.